The number of fused-ring (bicyclic) bond motifs is 3. The van der Waals surface area contributed by atoms with Gasteiger partial charge in [0.05, 0.1) is 0 Å². The number of carbonyl (C=O) groups excluding carboxylic acids is 1. The number of halogens is 1. The van der Waals surface area contributed by atoms with Gasteiger partial charge < -0.3 is 9.88 Å². The Morgan fingerprint density at radius 1 is 1.12 bits per heavy atom. The summed E-state index contributed by atoms with van der Waals surface area (Å²) in [6.07, 6.45) is 5.13. The van der Waals surface area contributed by atoms with Crippen molar-refractivity contribution in [1.29, 1.82) is 0 Å². The van der Waals surface area contributed by atoms with E-state index in [1.807, 2.05) is 24.3 Å². The number of hydrogen-bond donors (Lipinski definition) is 1. The lowest BCUT2D eigenvalue weighted by Crippen LogP contribution is -2.32. The molecule has 1 amide bonds. The third-order valence-corrected chi connectivity index (χ3v) is 4.98. The molecular formula is C21H19IN2O. The fourth-order valence-corrected chi connectivity index (χ4v) is 3.46. The van der Waals surface area contributed by atoms with Gasteiger partial charge in [-0.15, -0.1) is 0 Å². The second-order valence-electron chi connectivity index (χ2n) is 5.72. The average molecular weight is 442 g/mol. The van der Waals surface area contributed by atoms with Crippen LogP contribution in [0.5, 0.6) is 0 Å². The molecular weight excluding hydrogens is 423 g/mol. The smallest absolute Gasteiger partial charge is 0.239 e. The van der Waals surface area contributed by atoms with Crippen LogP contribution in [0.2, 0.25) is 0 Å². The minimum absolute atomic E-state index is 0.0545. The Morgan fingerprint density at radius 2 is 1.68 bits per heavy atom. The summed E-state index contributed by atoms with van der Waals surface area (Å²) in [5, 5.41) is 5.25. The molecule has 0 bridgehead atoms. The number of hydrogen-bond acceptors (Lipinski definition) is 1. The molecule has 1 heterocycles. The number of carbonyl (C=O) groups is 1. The molecule has 0 aliphatic rings. The first-order valence-electron chi connectivity index (χ1n) is 8.00. The van der Waals surface area contributed by atoms with E-state index in [1.165, 1.54) is 10.8 Å². The zero-order valence-corrected chi connectivity index (χ0v) is 15.9. The molecule has 0 saturated carbocycles. The van der Waals surface area contributed by atoms with Crippen LogP contribution < -0.4 is 5.32 Å². The number of para-hydroxylation sites is 2. The van der Waals surface area contributed by atoms with E-state index >= 15 is 0 Å². The zero-order valence-electron chi connectivity index (χ0n) is 13.8. The van der Waals surface area contributed by atoms with E-state index in [9.17, 15) is 4.79 Å². The lowest BCUT2D eigenvalue weighted by molar-refractivity contribution is -0.119. The van der Waals surface area contributed by atoms with Crippen molar-refractivity contribution in [2.45, 2.75) is 10.5 Å². The number of allylic oxidation sites excluding steroid dienone is 3. The molecule has 0 fully saturated rings. The SMILES string of the molecule is C=C/C=C\C(=C)NC(=O)[C@H](I)Cn1c2ccccc2c2ccccc21. The molecule has 0 radical (unpaired) electrons. The summed E-state index contributed by atoms with van der Waals surface area (Å²) < 4.78 is 2.00. The van der Waals surface area contributed by atoms with Crippen molar-refractivity contribution >= 4 is 50.3 Å². The van der Waals surface area contributed by atoms with E-state index in [0.29, 0.717) is 12.2 Å². The van der Waals surface area contributed by atoms with E-state index in [2.05, 4.69) is 69.9 Å². The van der Waals surface area contributed by atoms with Gasteiger partial charge in [0, 0.05) is 34.0 Å². The van der Waals surface area contributed by atoms with Crippen LogP contribution in [0.15, 0.2) is 85.6 Å². The second kappa shape index (κ2) is 7.70. The molecule has 3 aromatic rings. The molecule has 0 saturated heterocycles. The molecule has 1 N–H and O–H groups in total. The van der Waals surface area contributed by atoms with Crippen molar-refractivity contribution in [3.05, 3.63) is 85.6 Å². The molecule has 0 aliphatic carbocycles. The minimum atomic E-state index is -0.217. The fourth-order valence-electron chi connectivity index (χ4n) is 2.91. The predicted molar refractivity (Wildman–Crippen MR) is 114 cm³/mol. The van der Waals surface area contributed by atoms with Crippen LogP contribution in [0.1, 0.15) is 0 Å². The van der Waals surface area contributed by atoms with E-state index < -0.39 is 0 Å². The number of aromatic nitrogens is 1. The van der Waals surface area contributed by atoms with E-state index in [-0.39, 0.29) is 9.83 Å². The van der Waals surface area contributed by atoms with Crippen LogP contribution in [0.3, 0.4) is 0 Å². The third kappa shape index (κ3) is 3.69. The molecule has 2 aromatic carbocycles. The van der Waals surface area contributed by atoms with E-state index in [0.717, 1.165) is 11.0 Å². The number of amides is 1. The topological polar surface area (TPSA) is 34.0 Å². The van der Waals surface area contributed by atoms with Crippen LogP contribution in [-0.2, 0) is 11.3 Å². The Kier molecular flexibility index (Phi) is 5.38. The van der Waals surface area contributed by atoms with Crippen molar-refractivity contribution in [1.82, 2.24) is 9.88 Å². The monoisotopic (exact) mass is 442 g/mol. The van der Waals surface area contributed by atoms with Crippen molar-refractivity contribution in [2.24, 2.45) is 0 Å². The van der Waals surface area contributed by atoms with Crippen molar-refractivity contribution in [3.8, 4) is 0 Å². The van der Waals surface area contributed by atoms with Gasteiger partial charge in [-0.25, -0.2) is 0 Å². The average Bonchev–Trinajstić information content (AvgIpc) is 2.94. The maximum absolute atomic E-state index is 12.5. The Labute approximate surface area is 160 Å². The van der Waals surface area contributed by atoms with Gasteiger partial charge in [-0.05, 0) is 18.2 Å². The molecule has 4 heteroatoms. The predicted octanol–water partition coefficient (Wildman–Crippen LogP) is 4.97. The lowest BCUT2D eigenvalue weighted by atomic mass is 10.2. The Balaban J connectivity index is 1.89. The van der Waals surface area contributed by atoms with Crippen LogP contribution >= 0.6 is 22.6 Å². The van der Waals surface area contributed by atoms with Gasteiger partial charge in [0.2, 0.25) is 5.91 Å². The van der Waals surface area contributed by atoms with E-state index in [4.69, 9.17) is 0 Å². The van der Waals surface area contributed by atoms with Gasteiger partial charge in [-0.1, -0.05) is 84.3 Å². The highest BCUT2D eigenvalue weighted by atomic mass is 127. The molecule has 0 unspecified atom stereocenters. The van der Waals surface area contributed by atoms with Gasteiger partial charge >= 0.3 is 0 Å². The van der Waals surface area contributed by atoms with Crippen molar-refractivity contribution in [2.75, 3.05) is 0 Å². The highest BCUT2D eigenvalue weighted by Gasteiger charge is 2.18. The summed E-state index contributed by atoms with van der Waals surface area (Å²) in [5.41, 5.74) is 2.85. The summed E-state index contributed by atoms with van der Waals surface area (Å²) in [7, 11) is 0. The summed E-state index contributed by atoms with van der Waals surface area (Å²) in [6, 6.07) is 16.6. The first-order valence-corrected chi connectivity index (χ1v) is 9.25. The van der Waals surface area contributed by atoms with Crippen molar-refractivity contribution in [3.63, 3.8) is 0 Å². The molecule has 0 aliphatic heterocycles. The molecule has 0 spiro atoms. The van der Waals surface area contributed by atoms with Gasteiger partial charge in [-0.3, -0.25) is 4.79 Å². The first-order chi connectivity index (χ1) is 12.1. The van der Waals surface area contributed by atoms with Gasteiger partial charge in [0.15, 0.2) is 0 Å². The van der Waals surface area contributed by atoms with Crippen LogP contribution in [0.25, 0.3) is 21.8 Å². The van der Waals surface area contributed by atoms with E-state index in [1.54, 1.807) is 18.2 Å². The number of alkyl halides is 1. The van der Waals surface area contributed by atoms with Crippen LogP contribution in [0.4, 0.5) is 0 Å². The van der Waals surface area contributed by atoms with Gasteiger partial charge in [-0.2, -0.15) is 0 Å². The maximum atomic E-state index is 12.5. The quantitative estimate of drug-likeness (QED) is 0.327. The van der Waals surface area contributed by atoms with Crippen LogP contribution in [0, 0.1) is 0 Å². The molecule has 126 valence electrons. The second-order valence-corrected chi connectivity index (χ2v) is 7.23. The molecule has 1 aromatic heterocycles. The fraction of sp³-hybridized carbons (Fsp3) is 0.0952. The summed E-state index contributed by atoms with van der Waals surface area (Å²) in [4.78, 5) is 12.5. The maximum Gasteiger partial charge on any atom is 0.239 e. The van der Waals surface area contributed by atoms with Gasteiger partial charge in [0.25, 0.3) is 0 Å². The molecule has 1 atom stereocenters. The highest BCUT2D eigenvalue weighted by molar-refractivity contribution is 14.1. The third-order valence-electron chi connectivity index (χ3n) is 4.02. The van der Waals surface area contributed by atoms with Crippen molar-refractivity contribution < 1.29 is 4.79 Å². The summed E-state index contributed by atoms with van der Waals surface area (Å²) in [6.45, 7) is 8.04. The lowest BCUT2D eigenvalue weighted by Gasteiger charge is -2.14. The number of nitrogens with one attached hydrogen (secondary N) is 1. The Morgan fingerprint density at radius 3 is 2.24 bits per heavy atom. The number of nitrogens with zero attached hydrogens (tertiary/aromatic N) is 1. The normalized spacial score (nSPS) is 12.5. The van der Waals surface area contributed by atoms with Crippen LogP contribution in [-0.4, -0.2) is 14.4 Å². The molecule has 3 nitrogen and oxygen atoms in total. The largest absolute Gasteiger partial charge is 0.339 e. The Bertz CT molecular complexity index is 931. The molecule has 3 rings (SSSR count). The molecule has 25 heavy (non-hydrogen) atoms. The summed E-state index contributed by atoms with van der Waals surface area (Å²) in [5.74, 6) is -0.0545. The first kappa shape index (κ1) is 17.5. The van der Waals surface area contributed by atoms with Gasteiger partial charge in [0.1, 0.15) is 3.92 Å². The Hall–Kier alpha value is -2.34. The summed E-state index contributed by atoms with van der Waals surface area (Å²) >= 11 is 2.19. The standard InChI is InChI=1S/C21H19IN2O/c1-3-4-9-15(2)23-21(25)18(22)14-24-19-12-7-5-10-16(19)17-11-6-8-13-20(17)24/h3-13,18H,1-2,14H2,(H,23,25)/b9-4-/t18-/m1/s1. The number of benzene rings is 2. The number of rotatable bonds is 6. The zero-order chi connectivity index (χ0) is 17.8. The minimum Gasteiger partial charge on any atom is -0.339 e. The highest BCUT2D eigenvalue weighted by Crippen LogP contribution is 2.29.